The Morgan fingerprint density at radius 2 is 1.50 bits per heavy atom. The van der Waals surface area contributed by atoms with Crippen molar-refractivity contribution in [1.82, 2.24) is 0 Å². The predicted molar refractivity (Wildman–Crippen MR) is 44.9 cm³/mol. The summed E-state index contributed by atoms with van der Waals surface area (Å²) in [6.07, 6.45) is 0. The lowest BCUT2D eigenvalue weighted by molar-refractivity contribution is 1.14. The summed E-state index contributed by atoms with van der Waals surface area (Å²) >= 11 is 0. The first-order valence-corrected chi connectivity index (χ1v) is 3.57. The van der Waals surface area contributed by atoms with E-state index in [1.54, 1.807) is 0 Å². The van der Waals surface area contributed by atoms with Gasteiger partial charge in [0, 0.05) is 0 Å². The molecule has 0 aliphatic heterocycles. The molecule has 0 saturated heterocycles. The summed E-state index contributed by atoms with van der Waals surface area (Å²) in [6.45, 7) is 6.37. The first kappa shape index (κ1) is 7.33. The van der Waals surface area contributed by atoms with Crippen molar-refractivity contribution in [2.24, 2.45) is 0 Å². The fourth-order valence-electron chi connectivity index (χ4n) is 0.887. The molecule has 0 bridgehead atoms. The standard InChI is InChI=1S/C10H13/c1-8(2)10-6-4-9(3)5-7-10/h4-7H,1-3H3. The van der Waals surface area contributed by atoms with Gasteiger partial charge in [-0.3, -0.25) is 0 Å². The monoisotopic (exact) mass is 133 g/mol. The van der Waals surface area contributed by atoms with Gasteiger partial charge in [0.05, 0.1) is 0 Å². The van der Waals surface area contributed by atoms with Crippen LogP contribution in [-0.4, -0.2) is 0 Å². The van der Waals surface area contributed by atoms with Crippen molar-refractivity contribution in [1.29, 1.82) is 0 Å². The maximum Gasteiger partial charge on any atom is -0.00120 e. The van der Waals surface area contributed by atoms with E-state index in [-0.39, 0.29) is 0 Å². The third-order valence-corrected chi connectivity index (χ3v) is 1.63. The predicted octanol–water partition coefficient (Wildman–Crippen LogP) is 2.96. The zero-order chi connectivity index (χ0) is 7.56. The molecule has 0 nitrogen and oxygen atoms in total. The van der Waals surface area contributed by atoms with E-state index in [1.165, 1.54) is 17.0 Å². The number of rotatable bonds is 1. The highest BCUT2D eigenvalue weighted by Gasteiger charge is 1.96. The van der Waals surface area contributed by atoms with Gasteiger partial charge in [-0.05, 0) is 18.4 Å². The van der Waals surface area contributed by atoms with Crippen molar-refractivity contribution >= 4 is 0 Å². The molecule has 1 radical (unpaired) electrons. The highest BCUT2D eigenvalue weighted by molar-refractivity contribution is 5.30. The van der Waals surface area contributed by atoms with Gasteiger partial charge in [-0.25, -0.2) is 0 Å². The van der Waals surface area contributed by atoms with Crippen LogP contribution >= 0.6 is 0 Å². The van der Waals surface area contributed by atoms with E-state index < -0.39 is 0 Å². The van der Waals surface area contributed by atoms with Gasteiger partial charge in [-0.2, -0.15) is 0 Å². The van der Waals surface area contributed by atoms with Crippen LogP contribution in [0.15, 0.2) is 24.3 Å². The maximum absolute atomic E-state index is 2.16. The number of aryl methyl sites for hydroxylation is 1. The van der Waals surface area contributed by atoms with Gasteiger partial charge in [-0.15, -0.1) is 0 Å². The Balaban J connectivity index is 2.89. The van der Waals surface area contributed by atoms with Crippen LogP contribution in [-0.2, 0) is 0 Å². The van der Waals surface area contributed by atoms with Gasteiger partial charge in [0.1, 0.15) is 0 Å². The summed E-state index contributed by atoms with van der Waals surface area (Å²) < 4.78 is 0. The summed E-state index contributed by atoms with van der Waals surface area (Å²) in [4.78, 5) is 0. The fraction of sp³-hybridized carbons (Fsp3) is 0.300. The molecule has 0 aliphatic rings. The van der Waals surface area contributed by atoms with Crippen molar-refractivity contribution in [3.8, 4) is 0 Å². The topological polar surface area (TPSA) is 0 Å². The van der Waals surface area contributed by atoms with Crippen molar-refractivity contribution in [2.45, 2.75) is 20.8 Å². The van der Waals surface area contributed by atoms with Gasteiger partial charge in [0.15, 0.2) is 0 Å². The molecule has 0 saturated carbocycles. The van der Waals surface area contributed by atoms with E-state index in [9.17, 15) is 0 Å². The first-order valence-electron chi connectivity index (χ1n) is 3.57. The summed E-state index contributed by atoms with van der Waals surface area (Å²) in [5.74, 6) is 1.38. The SMILES string of the molecule is C[C](C)c1ccc(C)cc1. The zero-order valence-corrected chi connectivity index (χ0v) is 6.81. The number of hydrogen-bond donors (Lipinski definition) is 0. The summed E-state index contributed by atoms with van der Waals surface area (Å²) in [7, 11) is 0. The minimum Gasteiger partial charge on any atom is -0.0590 e. The third-order valence-electron chi connectivity index (χ3n) is 1.63. The van der Waals surface area contributed by atoms with Crippen molar-refractivity contribution in [2.75, 3.05) is 0 Å². The minimum absolute atomic E-state index is 1.32. The molecule has 1 rings (SSSR count). The lowest BCUT2D eigenvalue weighted by Crippen LogP contribution is -1.86. The van der Waals surface area contributed by atoms with Crippen LogP contribution in [0.5, 0.6) is 0 Å². The van der Waals surface area contributed by atoms with E-state index >= 15 is 0 Å². The van der Waals surface area contributed by atoms with Crippen molar-refractivity contribution < 1.29 is 0 Å². The Morgan fingerprint density at radius 3 is 1.90 bits per heavy atom. The molecular formula is C10H13. The second kappa shape index (κ2) is 2.87. The van der Waals surface area contributed by atoms with Gasteiger partial charge in [-0.1, -0.05) is 43.7 Å². The Hall–Kier alpha value is -0.780. The van der Waals surface area contributed by atoms with Crippen LogP contribution in [0.1, 0.15) is 25.0 Å². The second-order valence-corrected chi connectivity index (χ2v) is 2.87. The molecule has 0 fully saturated rings. The summed E-state index contributed by atoms with van der Waals surface area (Å²) in [6, 6.07) is 8.60. The quantitative estimate of drug-likeness (QED) is 0.552. The largest absolute Gasteiger partial charge is 0.0590 e. The number of benzene rings is 1. The van der Waals surface area contributed by atoms with Crippen LogP contribution in [0, 0.1) is 12.8 Å². The first-order chi connectivity index (χ1) is 4.70. The zero-order valence-electron chi connectivity index (χ0n) is 6.81. The van der Waals surface area contributed by atoms with E-state index in [0.717, 1.165) is 0 Å². The van der Waals surface area contributed by atoms with E-state index in [1.807, 2.05) is 0 Å². The van der Waals surface area contributed by atoms with E-state index in [0.29, 0.717) is 0 Å². The van der Waals surface area contributed by atoms with Crippen molar-refractivity contribution in [3.05, 3.63) is 41.3 Å². The van der Waals surface area contributed by atoms with Crippen LogP contribution in [0.3, 0.4) is 0 Å². The molecular weight excluding hydrogens is 120 g/mol. The highest BCUT2D eigenvalue weighted by Crippen LogP contribution is 2.12. The molecule has 1 aromatic carbocycles. The molecule has 1 aromatic rings. The minimum atomic E-state index is 1.32. The smallest absolute Gasteiger partial charge is 0.00120 e. The average Bonchev–Trinajstić information content (AvgIpc) is 1.88. The van der Waals surface area contributed by atoms with Gasteiger partial charge in [0.25, 0.3) is 0 Å². The normalized spacial score (nSPS) is 10.4. The molecule has 0 heterocycles. The van der Waals surface area contributed by atoms with Gasteiger partial charge in [0.2, 0.25) is 0 Å². The molecule has 10 heavy (non-hydrogen) atoms. The van der Waals surface area contributed by atoms with Gasteiger partial charge >= 0.3 is 0 Å². The molecule has 0 aromatic heterocycles. The van der Waals surface area contributed by atoms with Crippen LogP contribution < -0.4 is 0 Å². The van der Waals surface area contributed by atoms with Crippen LogP contribution in [0.4, 0.5) is 0 Å². The molecule has 0 unspecified atom stereocenters. The van der Waals surface area contributed by atoms with Crippen LogP contribution in [0.2, 0.25) is 0 Å². The molecule has 0 heteroatoms. The lowest BCUT2D eigenvalue weighted by Gasteiger charge is -2.02. The second-order valence-electron chi connectivity index (χ2n) is 2.87. The Morgan fingerprint density at radius 1 is 1.00 bits per heavy atom. The lowest BCUT2D eigenvalue weighted by atomic mass is 10.0. The number of hydrogen-bond acceptors (Lipinski definition) is 0. The molecule has 0 N–H and O–H groups in total. The molecule has 53 valence electrons. The Bertz CT molecular complexity index is 194. The molecule has 0 atom stereocenters. The third kappa shape index (κ3) is 1.60. The van der Waals surface area contributed by atoms with E-state index in [4.69, 9.17) is 0 Å². The maximum atomic E-state index is 2.16. The molecule has 0 spiro atoms. The van der Waals surface area contributed by atoms with Gasteiger partial charge < -0.3 is 0 Å². The van der Waals surface area contributed by atoms with E-state index in [2.05, 4.69) is 45.0 Å². The molecule has 0 amide bonds. The van der Waals surface area contributed by atoms with Crippen molar-refractivity contribution in [3.63, 3.8) is 0 Å². The molecule has 0 aliphatic carbocycles. The Labute approximate surface area is 62.9 Å². The highest BCUT2D eigenvalue weighted by atomic mass is 14.0. The Kier molecular flexibility index (Phi) is 2.10. The van der Waals surface area contributed by atoms with Crippen LogP contribution in [0.25, 0.3) is 0 Å². The average molecular weight is 133 g/mol. The fourth-order valence-corrected chi connectivity index (χ4v) is 0.887. The summed E-state index contributed by atoms with van der Waals surface area (Å²) in [5.41, 5.74) is 2.66. The summed E-state index contributed by atoms with van der Waals surface area (Å²) in [5, 5.41) is 0.